The Morgan fingerprint density at radius 2 is 2.04 bits per heavy atom. The van der Waals surface area contributed by atoms with Gasteiger partial charge in [-0.2, -0.15) is 5.10 Å². The Morgan fingerprint density at radius 3 is 2.63 bits per heavy atom. The van der Waals surface area contributed by atoms with Crippen molar-refractivity contribution in [1.29, 1.82) is 0 Å². The minimum Gasteiger partial charge on any atom is -0.331 e. The maximum absolute atomic E-state index is 12.8. The quantitative estimate of drug-likeness (QED) is 0.543. The summed E-state index contributed by atoms with van der Waals surface area (Å²) in [6.45, 7) is 2.42. The molecule has 0 fully saturated rings. The van der Waals surface area contributed by atoms with Gasteiger partial charge in [0.15, 0.2) is 5.69 Å². The molecule has 0 bridgehead atoms. The zero-order valence-electron chi connectivity index (χ0n) is 14.8. The molecule has 144 valence electrons. The van der Waals surface area contributed by atoms with Gasteiger partial charge in [-0.25, -0.2) is 13.5 Å². The van der Waals surface area contributed by atoms with E-state index in [4.69, 9.17) is 0 Å². The van der Waals surface area contributed by atoms with Crippen molar-refractivity contribution in [1.82, 2.24) is 14.7 Å². The minimum atomic E-state index is -2.76. The van der Waals surface area contributed by atoms with Gasteiger partial charge in [-0.1, -0.05) is 19.1 Å². The van der Waals surface area contributed by atoms with Crippen LogP contribution in [0.5, 0.6) is 0 Å². The lowest BCUT2D eigenvalue weighted by Crippen LogP contribution is -2.39. The van der Waals surface area contributed by atoms with E-state index in [1.54, 1.807) is 13.0 Å². The Labute approximate surface area is 153 Å². The number of para-hydroxylation sites is 2. The Balaban J connectivity index is 2.58. The van der Waals surface area contributed by atoms with Crippen LogP contribution >= 0.6 is 0 Å². The zero-order chi connectivity index (χ0) is 20.1. The zero-order valence-corrected chi connectivity index (χ0v) is 14.8. The van der Waals surface area contributed by atoms with Crippen molar-refractivity contribution >= 4 is 11.6 Å². The number of nitrogens with zero attached hydrogens (tertiary/aromatic N) is 4. The van der Waals surface area contributed by atoms with E-state index in [0.29, 0.717) is 6.42 Å². The summed E-state index contributed by atoms with van der Waals surface area (Å²) in [5.41, 5.74) is -1.24. The number of hydrogen-bond acceptors (Lipinski definition) is 5. The molecular formula is C17H18F2N4O4. The van der Waals surface area contributed by atoms with Crippen molar-refractivity contribution in [3.05, 3.63) is 62.1 Å². The van der Waals surface area contributed by atoms with Crippen LogP contribution in [-0.4, -0.2) is 45.0 Å². The van der Waals surface area contributed by atoms with Crippen LogP contribution in [0.4, 0.5) is 14.5 Å². The molecule has 1 amide bonds. The number of carbonyl (C=O) groups excluding carboxylic acids is 1. The Kier molecular flexibility index (Phi) is 6.32. The normalized spacial score (nSPS) is 10.9. The van der Waals surface area contributed by atoms with Gasteiger partial charge in [0.05, 0.1) is 11.5 Å². The molecule has 0 aliphatic rings. The SMILES string of the molecule is CCCN(CC(F)F)C(=O)c1nn(-c2ccccc2[N+](=O)[O-])c(C)cc1=O. The van der Waals surface area contributed by atoms with Gasteiger partial charge in [-0.3, -0.25) is 19.7 Å². The predicted octanol–water partition coefficient (Wildman–Crippen LogP) is 2.57. The number of carbonyl (C=O) groups is 1. The molecule has 0 N–H and O–H groups in total. The average molecular weight is 380 g/mol. The monoisotopic (exact) mass is 380 g/mol. The number of hydrogen-bond donors (Lipinski definition) is 0. The number of alkyl halides is 2. The molecule has 27 heavy (non-hydrogen) atoms. The van der Waals surface area contributed by atoms with E-state index in [0.717, 1.165) is 15.6 Å². The van der Waals surface area contributed by atoms with Gasteiger partial charge in [0.1, 0.15) is 5.69 Å². The summed E-state index contributed by atoms with van der Waals surface area (Å²) in [6, 6.07) is 6.79. The summed E-state index contributed by atoms with van der Waals surface area (Å²) in [4.78, 5) is 36.3. The van der Waals surface area contributed by atoms with Crippen LogP contribution in [0.1, 0.15) is 29.5 Å². The summed E-state index contributed by atoms with van der Waals surface area (Å²) >= 11 is 0. The van der Waals surface area contributed by atoms with Crippen molar-refractivity contribution in [2.75, 3.05) is 13.1 Å². The van der Waals surface area contributed by atoms with Gasteiger partial charge in [-0.05, 0) is 19.4 Å². The van der Waals surface area contributed by atoms with Gasteiger partial charge < -0.3 is 4.90 Å². The van der Waals surface area contributed by atoms with Gasteiger partial charge in [0, 0.05) is 24.4 Å². The molecule has 0 atom stereocenters. The summed E-state index contributed by atoms with van der Waals surface area (Å²) in [5.74, 6) is -0.936. The van der Waals surface area contributed by atoms with Gasteiger partial charge in [0.2, 0.25) is 5.43 Å². The number of rotatable bonds is 7. The molecule has 10 heteroatoms. The van der Waals surface area contributed by atoms with Crippen LogP contribution in [0.3, 0.4) is 0 Å². The molecule has 0 radical (unpaired) electrons. The van der Waals surface area contributed by atoms with Crippen molar-refractivity contribution < 1.29 is 18.5 Å². The summed E-state index contributed by atoms with van der Waals surface area (Å²) in [6.07, 6.45) is -2.34. The van der Waals surface area contributed by atoms with Gasteiger partial charge >= 0.3 is 0 Å². The number of halogens is 2. The molecule has 0 aliphatic heterocycles. The number of amides is 1. The first-order chi connectivity index (χ1) is 12.8. The molecule has 1 aromatic heterocycles. The molecule has 1 heterocycles. The molecule has 0 unspecified atom stereocenters. The fraction of sp³-hybridized carbons (Fsp3) is 0.353. The van der Waals surface area contributed by atoms with E-state index in [1.807, 2.05) is 0 Å². The minimum absolute atomic E-state index is 0.0314. The van der Waals surface area contributed by atoms with Crippen LogP contribution in [-0.2, 0) is 0 Å². The van der Waals surface area contributed by atoms with Crippen LogP contribution < -0.4 is 5.43 Å². The number of nitro groups is 1. The lowest BCUT2D eigenvalue weighted by Gasteiger charge is -2.21. The predicted molar refractivity (Wildman–Crippen MR) is 93.4 cm³/mol. The lowest BCUT2D eigenvalue weighted by molar-refractivity contribution is -0.384. The van der Waals surface area contributed by atoms with Crippen molar-refractivity contribution in [3.8, 4) is 5.69 Å². The van der Waals surface area contributed by atoms with Crippen molar-refractivity contribution in [3.63, 3.8) is 0 Å². The van der Waals surface area contributed by atoms with E-state index in [2.05, 4.69) is 5.10 Å². The Morgan fingerprint density at radius 1 is 1.37 bits per heavy atom. The summed E-state index contributed by atoms with van der Waals surface area (Å²) < 4.78 is 26.6. The van der Waals surface area contributed by atoms with Crippen LogP contribution in [0.15, 0.2) is 35.1 Å². The largest absolute Gasteiger partial charge is 0.331 e. The highest BCUT2D eigenvalue weighted by Gasteiger charge is 2.25. The van der Waals surface area contributed by atoms with E-state index in [9.17, 15) is 28.5 Å². The van der Waals surface area contributed by atoms with Crippen molar-refractivity contribution in [2.24, 2.45) is 0 Å². The molecule has 2 rings (SSSR count). The van der Waals surface area contributed by atoms with E-state index in [1.165, 1.54) is 25.1 Å². The van der Waals surface area contributed by atoms with Gasteiger partial charge in [-0.15, -0.1) is 0 Å². The molecule has 0 saturated heterocycles. The summed E-state index contributed by atoms with van der Waals surface area (Å²) in [7, 11) is 0. The number of nitro benzene ring substituents is 1. The molecule has 1 aromatic carbocycles. The fourth-order valence-corrected chi connectivity index (χ4v) is 2.60. The smallest absolute Gasteiger partial charge is 0.294 e. The van der Waals surface area contributed by atoms with E-state index < -0.39 is 34.9 Å². The van der Waals surface area contributed by atoms with Crippen LogP contribution in [0.2, 0.25) is 0 Å². The molecule has 8 nitrogen and oxygen atoms in total. The Bertz CT molecular complexity index is 914. The molecular weight excluding hydrogens is 362 g/mol. The van der Waals surface area contributed by atoms with Crippen molar-refractivity contribution in [2.45, 2.75) is 26.7 Å². The fourth-order valence-electron chi connectivity index (χ4n) is 2.60. The number of aromatic nitrogens is 2. The maximum Gasteiger partial charge on any atom is 0.294 e. The molecule has 0 saturated carbocycles. The standard InChI is InChI=1S/C17H18F2N4O4/c1-3-8-21(10-15(18)19)17(25)16-14(24)9-11(2)22(20-16)12-6-4-5-7-13(12)23(26)27/h4-7,9,15H,3,8,10H2,1-2H3. The molecule has 0 spiro atoms. The second-order valence-corrected chi connectivity index (χ2v) is 5.80. The van der Waals surface area contributed by atoms with E-state index >= 15 is 0 Å². The third-order valence-corrected chi connectivity index (χ3v) is 3.76. The highest BCUT2D eigenvalue weighted by molar-refractivity contribution is 5.92. The van der Waals surface area contributed by atoms with Gasteiger partial charge in [0.25, 0.3) is 18.0 Å². The second kappa shape index (κ2) is 8.47. The number of benzene rings is 1. The Hall–Kier alpha value is -3.17. The second-order valence-electron chi connectivity index (χ2n) is 5.80. The molecule has 0 aliphatic carbocycles. The van der Waals surface area contributed by atoms with Crippen LogP contribution in [0.25, 0.3) is 5.69 Å². The average Bonchev–Trinajstić information content (AvgIpc) is 2.60. The maximum atomic E-state index is 12.8. The first-order valence-electron chi connectivity index (χ1n) is 8.18. The molecule has 2 aromatic rings. The first kappa shape index (κ1) is 20.1. The number of aryl methyl sites for hydroxylation is 1. The third kappa shape index (κ3) is 4.52. The summed E-state index contributed by atoms with van der Waals surface area (Å²) in [5, 5.41) is 15.2. The first-order valence-corrected chi connectivity index (χ1v) is 8.18. The lowest BCUT2D eigenvalue weighted by atomic mass is 10.2. The van der Waals surface area contributed by atoms with E-state index in [-0.39, 0.29) is 23.6 Å². The third-order valence-electron chi connectivity index (χ3n) is 3.76. The topological polar surface area (TPSA) is 98.3 Å². The highest BCUT2D eigenvalue weighted by Crippen LogP contribution is 2.22. The van der Waals surface area contributed by atoms with Crippen LogP contribution in [0, 0.1) is 17.0 Å². The highest BCUT2D eigenvalue weighted by atomic mass is 19.3.